The van der Waals surface area contributed by atoms with Crippen molar-refractivity contribution < 1.29 is 22.3 Å². The van der Waals surface area contributed by atoms with E-state index in [1.165, 1.54) is 31.4 Å². The highest BCUT2D eigenvalue weighted by Crippen LogP contribution is 2.32. The molecule has 0 saturated heterocycles. The standard InChI is InChI=1S/C14H11F4N5O/c1-24-6-9-10(7-2-4-8(15)5-3-7)11(19)23-13(20-9)21-12(22-23)14(16,17)18/h2-5H,6,19H2,1H3. The maximum atomic E-state index is 13.1. The van der Waals surface area contributed by atoms with Gasteiger partial charge in [0.05, 0.1) is 12.3 Å². The zero-order chi connectivity index (χ0) is 17.5. The number of ether oxygens (including phenoxy) is 1. The van der Waals surface area contributed by atoms with Gasteiger partial charge in [-0.1, -0.05) is 12.1 Å². The van der Waals surface area contributed by atoms with Crippen LogP contribution in [-0.2, 0) is 17.5 Å². The van der Waals surface area contributed by atoms with E-state index < -0.39 is 17.8 Å². The molecule has 3 rings (SSSR count). The Hall–Kier alpha value is -2.75. The summed E-state index contributed by atoms with van der Waals surface area (Å²) in [6, 6.07) is 5.29. The summed E-state index contributed by atoms with van der Waals surface area (Å²) in [6.07, 6.45) is -4.72. The molecule has 0 atom stereocenters. The van der Waals surface area contributed by atoms with Gasteiger partial charge in [0.2, 0.25) is 0 Å². The van der Waals surface area contributed by atoms with Crippen molar-refractivity contribution in [2.75, 3.05) is 12.8 Å². The number of anilines is 1. The van der Waals surface area contributed by atoms with Crippen molar-refractivity contribution in [2.24, 2.45) is 0 Å². The van der Waals surface area contributed by atoms with E-state index in [0.29, 0.717) is 11.1 Å². The lowest BCUT2D eigenvalue weighted by Crippen LogP contribution is -2.09. The molecule has 0 aliphatic heterocycles. The average Bonchev–Trinajstić information content (AvgIpc) is 2.94. The SMILES string of the molecule is COCc1nc2nc(C(F)(F)F)nn2c(N)c1-c1ccc(F)cc1. The Morgan fingerprint density at radius 2 is 1.83 bits per heavy atom. The molecular formula is C14H11F4N5O. The predicted octanol–water partition coefficient (Wildman–Crippen LogP) is 2.68. The van der Waals surface area contributed by atoms with Gasteiger partial charge in [-0.25, -0.2) is 9.37 Å². The molecule has 10 heteroatoms. The second kappa shape index (κ2) is 5.71. The van der Waals surface area contributed by atoms with Gasteiger partial charge in [-0.05, 0) is 17.7 Å². The number of nitrogens with two attached hydrogens (primary N) is 1. The molecule has 2 N–H and O–H groups in total. The zero-order valence-corrected chi connectivity index (χ0v) is 12.3. The Kier molecular flexibility index (Phi) is 3.84. The van der Waals surface area contributed by atoms with Crippen LogP contribution < -0.4 is 5.73 Å². The number of hydrogen-bond acceptors (Lipinski definition) is 5. The van der Waals surface area contributed by atoms with Gasteiger partial charge in [0.15, 0.2) is 0 Å². The third-order valence-corrected chi connectivity index (χ3v) is 3.27. The molecule has 0 unspecified atom stereocenters. The fourth-order valence-electron chi connectivity index (χ4n) is 2.26. The summed E-state index contributed by atoms with van der Waals surface area (Å²) in [5, 5.41) is 3.37. The van der Waals surface area contributed by atoms with Crippen molar-refractivity contribution in [2.45, 2.75) is 12.8 Å². The van der Waals surface area contributed by atoms with Crippen LogP contribution >= 0.6 is 0 Å². The molecule has 0 aliphatic rings. The van der Waals surface area contributed by atoms with Gasteiger partial charge in [-0.15, -0.1) is 5.10 Å². The molecule has 2 heterocycles. The Balaban J connectivity index is 2.28. The molecule has 0 bridgehead atoms. The van der Waals surface area contributed by atoms with Gasteiger partial charge >= 0.3 is 6.18 Å². The van der Waals surface area contributed by atoms with Gasteiger partial charge in [0.1, 0.15) is 11.6 Å². The van der Waals surface area contributed by atoms with Crippen molar-refractivity contribution in [1.29, 1.82) is 0 Å². The van der Waals surface area contributed by atoms with E-state index in [1.54, 1.807) is 0 Å². The first-order chi connectivity index (χ1) is 11.3. The lowest BCUT2D eigenvalue weighted by molar-refractivity contribution is -0.144. The van der Waals surface area contributed by atoms with Crippen LogP contribution in [0, 0.1) is 5.82 Å². The number of hydrogen-bond donors (Lipinski definition) is 1. The molecule has 0 fully saturated rings. The fourth-order valence-corrected chi connectivity index (χ4v) is 2.26. The van der Waals surface area contributed by atoms with Crippen LogP contribution in [0.1, 0.15) is 11.5 Å². The summed E-state index contributed by atoms with van der Waals surface area (Å²) in [7, 11) is 1.40. The zero-order valence-electron chi connectivity index (χ0n) is 12.3. The number of nitrogens with zero attached hydrogens (tertiary/aromatic N) is 4. The topological polar surface area (TPSA) is 78.3 Å². The van der Waals surface area contributed by atoms with E-state index >= 15 is 0 Å². The Bertz CT molecular complexity index is 889. The third kappa shape index (κ3) is 2.75. The van der Waals surface area contributed by atoms with Crippen molar-refractivity contribution >= 4 is 11.6 Å². The summed E-state index contributed by atoms with van der Waals surface area (Å²) in [6.45, 7) is -0.0123. The van der Waals surface area contributed by atoms with Crippen molar-refractivity contribution in [3.05, 3.63) is 41.6 Å². The minimum absolute atomic E-state index is 0.0123. The number of nitrogen functional groups attached to an aromatic ring is 1. The van der Waals surface area contributed by atoms with E-state index in [-0.39, 0.29) is 23.9 Å². The van der Waals surface area contributed by atoms with Gasteiger partial charge in [0, 0.05) is 12.7 Å². The maximum absolute atomic E-state index is 13.1. The molecule has 126 valence electrons. The molecule has 0 saturated carbocycles. The number of benzene rings is 1. The first-order valence-corrected chi connectivity index (χ1v) is 6.68. The summed E-state index contributed by atoms with van der Waals surface area (Å²) < 4.78 is 57.3. The van der Waals surface area contributed by atoms with Crippen LogP contribution in [0.15, 0.2) is 24.3 Å². The smallest absolute Gasteiger partial charge is 0.383 e. The van der Waals surface area contributed by atoms with Crippen LogP contribution in [-0.4, -0.2) is 26.7 Å². The van der Waals surface area contributed by atoms with Crippen molar-refractivity contribution in [3.63, 3.8) is 0 Å². The maximum Gasteiger partial charge on any atom is 0.453 e. The van der Waals surface area contributed by atoms with Crippen LogP contribution in [0.3, 0.4) is 0 Å². The summed E-state index contributed by atoms with van der Waals surface area (Å²) in [5.74, 6) is -2.19. The van der Waals surface area contributed by atoms with Crippen LogP contribution in [0.5, 0.6) is 0 Å². The van der Waals surface area contributed by atoms with E-state index in [4.69, 9.17) is 10.5 Å². The van der Waals surface area contributed by atoms with Gasteiger partial charge in [-0.3, -0.25) is 0 Å². The normalized spacial score (nSPS) is 12.0. The highest BCUT2D eigenvalue weighted by Gasteiger charge is 2.37. The molecule has 3 aromatic rings. The van der Waals surface area contributed by atoms with Gasteiger partial charge in [0.25, 0.3) is 11.6 Å². The summed E-state index contributed by atoms with van der Waals surface area (Å²) >= 11 is 0. The third-order valence-electron chi connectivity index (χ3n) is 3.27. The van der Waals surface area contributed by atoms with Crippen LogP contribution in [0.4, 0.5) is 23.4 Å². The quantitative estimate of drug-likeness (QED) is 0.741. The second-order valence-electron chi connectivity index (χ2n) is 4.90. The van der Waals surface area contributed by atoms with Gasteiger partial charge < -0.3 is 10.5 Å². The Morgan fingerprint density at radius 3 is 2.42 bits per heavy atom. The first-order valence-electron chi connectivity index (χ1n) is 6.68. The molecule has 1 aromatic carbocycles. The van der Waals surface area contributed by atoms with Crippen molar-refractivity contribution in [1.82, 2.24) is 19.6 Å². The number of methoxy groups -OCH3 is 1. The molecule has 0 amide bonds. The Morgan fingerprint density at radius 1 is 1.17 bits per heavy atom. The Labute approximate surface area is 132 Å². The molecule has 0 spiro atoms. The highest BCUT2D eigenvalue weighted by molar-refractivity contribution is 5.77. The molecule has 24 heavy (non-hydrogen) atoms. The minimum Gasteiger partial charge on any atom is -0.383 e. The number of rotatable bonds is 3. The van der Waals surface area contributed by atoms with E-state index in [2.05, 4.69) is 15.1 Å². The summed E-state index contributed by atoms with van der Waals surface area (Å²) in [5.41, 5.74) is 7.03. The minimum atomic E-state index is -4.72. The number of fused-ring (bicyclic) bond motifs is 1. The highest BCUT2D eigenvalue weighted by atomic mass is 19.4. The number of halogens is 4. The first kappa shape index (κ1) is 16.1. The molecule has 0 radical (unpaired) electrons. The average molecular weight is 341 g/mol. The number of alkyl halides is 3. The molecule has 6 nitrogen and oxygen atoms in total. The second-order valence-corrected chi connectivity index (χ2v) is 4.90. The van der Waals surface area contributed by atoms with E-state index in [0.717, 1.165) is 4.52 Å². The molecular weight excluding hydrogens is 330 g/mol. The lowest BCUT2D eigenvalue weighted by Gasteiger charge is -2.12. The number of aromatic nitrogens is 4. The van der Waals surface area contributed by atoms with Gasteiger partial charge in [-0.2, -0.15) is 22.7 Å². The van der Waals surface area contributed by atoms with E-state index in [1.807, 2.05) is 0 Å². The fraction of sp³-hybridized carbons (Fsp3) is 0.214. The molecule has 0 aliphatic carbocycles. The molecule has 2 aromatic heterocycles. The van der Waals surface area contributed by atoms with Crippen LogP contribution in [0.25, 0.3) is 16.9 Å². The predicted molar refractivity (Wildman–Crippen MR) is 76.3 cm³/mol. The van der Waals surface area contributed by atoms with E-state index in [9.17, 15) is 17.6 Å². The summed E-state index contributed by atoms with van der Waals surface area (Å²) in [4.78, 5) is 7.41. The van der Waals surface area contributed by atoms with Crippen molar-refractivity contribution in [3.8, 4) is 11.1 Å². The van der Waals surface area contributed by atoms with Crippen LogP contribution in [0.2, 0.25) is 0 Å². The largest absolute Gasteiger partial charge is 0.453 e. The lowest BCUT2D eigenvalue weighted by atomic mass is 10.0. The monoisotopic (exact) mass is 341 g/mol.